The third kappa shape index (κ3) is 6.12. The van der Waals surface area contributed by atoms with E-state index < -0.39 is 0 Å². The number of rotatable bonds is 9. The number of nitrogens with zero attached hydrogens (tertiary/aromatic N) is 3. The van der Waals surface area contributed by atoms with Crippen LogP contribution in [-0.2, 0) is 9.59 Å². The fraction of sp³-hybridized carbons (Fsp3) is 0.478. The molecule has 1 aliphatic carbocycles. The number of carbonyl (C=O) groups excluding carboxylic acids is 2. The second kappa shape index (κ2) is 10.7. The first kappa shape index (κ1) is 22.4. The third-order valence-corrected chi connectivity index (χ3v) is 6.40. The lowest BCUT2D eigenvalue weighted by Gasteiger charge is -2.32. The monoisotopic (exact) mass is 455 g/mol. The van der Waals surface area contributed by atoms with Gasteiger partial charge in [-0.1, -0.05) is 23.9 Å². The average molecular weight is 456 g/mol. The van der Waals surface area contributed by atoms with Crippen LogP contribution in [0.3, 0.4) is 0 Å². The molecule has 170 valence electrons. The predicted octanol–water partition coefficient (Wildman–Crippen LogP) is 3.10. The van der Waals surface area contributed by atoms with Crippen molar-refractivity contribution in [1.82, 2.24) is 15.5 Å². The smallest absolute Gasteiger partial charge is 0.234 e. The van der Waals surface area contributed by atoms with Crippen LogP contribution in [0.15, 0.2) is 41.4 Å². The van der Waals surface area contributed by atoms with Crippen LogP contribution in [0.1, 0.15) is 32.6 Å². The molecule has 1 saturated carbocycles. The molecule has 0 spiro atoms. The highest BCUT2D eigenvalue weighted by Gasteiger charge is 2.30. The first-order valence-corrected chi connectivity index (χ1v) is 12.1. The summed E-state index contributed by atoms with van der Waals surface area (Å²) in [5.41, 5.74) is 0.659. The summed E-state index contributed by atoms with van der Waals surface area (Å²) in [7, 11) is 0. The Hall–Kier alpha value is -2.81. The Morgan fingerprint density at radius 2 is 2.00 bits per heavy atom. The highest BCUT2D eigenvalue weighted by Crippen LogP contribution is 2.26. The van der Waals surface area contributed by atoms with Crippen molar-refractivity contribution >= 4 is 35.1 Å². The average Bonchev–Trinajstić information content (AvgIpc) is 3.64. The van der Waals surface area contributed by atoms with E-state index in [1.807, 2.05) is 43.3 Å². The Balaban J connectivity index is 1.27. The fourth-order valence-electron chi connectivity index (χ4n) is 3.68. The number of ether oxygens (including phenoxy) is 1. The highest BCUT2D eigenvalue weighted by molar-refractivity contribution is 7.99. The number of amides is 2. The van der Waals surface area contributed by atoms with Gasteiger partial charge in [0.15, 0.2) is 5.82 Å². The molecule has 2 amide bonds. The lowest BCUT2D eigenvalue weighted by molar-refractivity contribution is -0.125. The Labute approximate surface area is 192 Å². The van der Waals surface area contributed by atoms with Crippen molar-refractivity contribution in [3.63, 3.8) is 0 Å². The van der Waals surface area contributed by atoms with Crippen molar-refractivity contribution in [1.29, 1.82) is 0 Å². The summed E-state index contributed by atoms with van der Waals surface area (Å²) < 4.78 is 5.54. The first-order chi connectivity index (χ1) is 15.6. The van der Waals surface area contributed by atoms with E-state index in [4.69, 9.17) is 4.74 Å². The topological polar surface area (TPSA) is 96.5 Å². The van der Waals surface area contributed by atoms with Crippen molar-refractivity contribution in [3.05, 3.63) is 36.4 Å². The number of hydrogen-bond donors (Lipinski definition) is 2. The van der Waals surface area contributed by atoms with Gasteiger partial charge in [0.2, 0.25) is 11.8 Å². The van der Waals surface area contributed by atoms with Crippen LogP contribution in [0.2, 0.25) is 0 Å². The van der Waals surface area contributed by atoms with Crippen LogP contribution in [0.25, 0.3) is 0 Å². The molecule has 8 nitrogen and oxygen atoms in total. The first-order valence-electron chi connectivity index (χ1n) is 11.2. The normalized spacial score (nSPS) is 18.2. The summed E-state index contributed by atoms with van der Waals surface area (Å²) in [4.78, 5) is 26.9. The quantitative estimate of drug-likeness (QED) is 0.561. The maximum Gasteiger partial charge on any atom is 0.234 e. The molecule has 2 heterocycles. The van der Waals surface area contributed by atoms with Crippen LogP contribution in [-0.4, -0.2) is 53.5 Å². The lowest BCUT2D eigenvalue weighted by atomic mass is 9.97. The highest BCUT2D eigenvalue weighted by atomic mass is 32.2. The van der Waals surface area contributed by atoms with Crippen molar-refractivity contribution in [2.75, 3.05) is 35.7 Å². The van der Waals surface area contributed by atoms with E-state index in [-0.39, 0.29) is 23.5 Å². The molecule has 2 aromatic rings. The summed E-state index contributed by atoms with van der Waals surface area (Å²) in [6.45, 7) is 3.98. The number of aromatic nitrogens is 2. The van der Waals surface area contributed by atoms with Crippen molar-refractivity contribution in [2.45, 2.75) is 43.7 Å². The minimum absolute atomic E-state index is 0.00321. The van der Waals surface area contributed by atoms with E-state index in [0.717, 1.165) is 38.0 Å². The molecule has 9 heteroatoms. The molecule has 0 unspecified atom stereocenters. The maximum absolute atomic E-state index is 12.4. The molecule has 0 radical (unpaired) electrons. The van der Waals surface area contributed by atoms with Gasteiger partial charge in [0, 0.05) is 19.1 Å². The third-order valence-electron chi connectivity index (χ3n) is 5.48. The Bertz CT molecular complexity index is 935. The summed E-state index contributed by atoms with van der Waals surface area (Å²) in [6, 6.07) is 11.6. The van der Waals surface area contributed by atoms with Gasteiger partial charge in [-0.3, -0.25) is 9.59 Å². The van der Waals surface area contributed by atoms with E-state index in [1.54, 1.807) is 0 Å². The second-order valence-corrected chi connectivity index (χ2v) is 9.06. The van der Waals surface area contributed by atoms with Crippen LogP contribution in [0, 0.1) is 5.92 Å². The molecule has 0 bridgehead atoms. The number of nitrogens with one attached hydrogen (secondary N) is 2. The zero-order valence-corrected chi connectivity index (χ0v) is 19.1. The van der Waals surface area contributed by atoms with Crippen LogP contribution >= 0.6 is 11.8 Å². The van der Waals surface area contributed by atoms with E-state index in [1.165, 1.54) is 11.8 Å². The summed E-state index contributed by atoms with van der Waals surface area (Å²) >= 11 is 1.33. The van der Waals surface area contributed by atoms with Gasteiger partial charge in [0.25, 0.3) is 0 Å². The number of carbonyl (C=O) groups is 2. The van der Waals surface area contributed by atoms with Gasteiger partial charge in [-0.15, -0.1) is 10.2 Å². The molecule has 2 N–H and O–H groups in total. The van der Waals surface area contributed by atoms with Crippen LogP contribution < -0.4 is 20.3 Å². The van der Waals surface area contributed by atoms with Gasteiger partial charge in [-0.05, 0) is 56.9 Å². The Morgan fingerprint density at radius 1 is 1.16 bits per heavy atom. The number of benzene rings is 1. The zero-order chi connectivity index (χ0) is 22.3. The van der Waals surface area contributed by atoms with Crippen molar-refractivity contribution < 1.29 is 14.3 Å². The number of para-hydroxylation sites is 2. The second-order valence-electron chi connectivity index (χ2n) is 8.06. The SMILES string of the molecule is CCOc1ccccc1NC(=O)CSc1ccc(N2CCC[C@@H](C(=O)NC3CC3)C2)nn1. The van der Waals surface area contributed by atoms with Gasteiger partial charge < -0.3 is 20.3 Å². The number of hydrogen-bond acceptors (Lipinski definition) is 7. The van der Waals surface area contributed by atoms with Gasteiger partial charge in [0.1, 0.15) is 10.8 Å². The standard InChI is InChI=1S/C23H29N5O3S/c1-2-31-19-8-4-3-7-18(19)25-21(29)15-32-22-12-11-20(26-27-22)28-13-5-6-16(14-28)23(30)24-17-9-10-17/h3-4,7-8,11-12,16-17H,2,5-6,9-10,13-15H2,1H3,(H,24,30)(H,25,29)/t16-/m1/s1. The maximum atomic E-state index is 12.4. The molecule has 2 aliphatic rings. The van der Waals surface area contributed by atoms with E-state index in [0.29, 0.717) is 35.7 Å². The number of piperidine rings is 1. The molecule has 1 atom stereocenters. The minimum atomic E-state index is -0.131. The molecule has 1 aromatic heterocycles. The molecule has 2 fully saturated rings. The minimum Gasteiger partial charge on any atom is -0.492 e. The summed E-state index contributed by atoms with van der Waals surface area (Å²) in [5.74, 6) is 1.68. The van der Waals surface area contributed by atoms with Crippen molar-refractivity contribution in [3.8, 4) is 5.75 Å². The van der Waals surface area contributed by atoms with Gasteiger partial charge >= 0.3 is 0 Å². The molecule has 32 heavy (non-hydrogen) atoms. The van der Waals surface area contributed by atoms with Gasteiger partial charge in [-0.2, -0.15) is 0 Å². The van der Waals surface area contributed by atoms with Crippen LogP contribution in [0.5, 0.6) is 5.75 Å². The van der Waals surface area contributed by atoms with E-state index in [2.05, 4.69) is 25.7 Å². The molecule has 1 aromatic carbocycles. The van der Waals surface area contributed by atoms with Gasteiger partial charge in [0.05, 0.1) is 24.0 Å². The molecule has 1 aliphatic heterocycles. The summed E-state index contributed by atoms with van der Waals surface area (Å²) in [5, 5.41) is 15.3. The predicted molar refractivity (Wildman–Crippen MR) is 125 cm³/mol. The van der Waals surface area contributed by atoms with Crippen molar-refractivity contribution in [2.24, 2.45) is 5.92 Å². The molecular weight excluding hydrogens is 426 g/mol. The molecule has 4 rings (SSSR count). The number of anilines is 2. The molecular formula is C23H29N5O3S. The largest absolute Gasteiger partial charge is 0.492 e. The molecule has 1 saturated heterocycles. The summed E-state index contributed by atoms with van der Waals surface area (Å²) in [6.07, 6.45) is 4.08. The van der Waals surface area contributed by atoms with E-state index in [9.17, 15) is 9.59 Å². The van der Waals surface area contributed by atoms with Gasteiger partial charge in [-0.25, -0.2) is 0 Å². The Morgan fingerprint density at radius 3 is 2.75 bits per heavy atom. The number of thioether (sulfide) groups is 1. The lowest BCUT2D eigenvalue weighted by Crippen LogP contribution is -2.44. The fourth-order valence-corrected chi connectivity index (χ4v) is 4.30. The van der Waals surface area contributed by atoms with Crippen LogP contribution in [0.4, 0.5) is 11.5 Å². The zero-order valence-electron chi connectivity index (χ0n) is 18.3. The van der Waals surface area contributed by atoms with E-state index >= 15 is 0 Å². The Kier molecular flexibility index (Phi) is 7.47.